The van der Waals surface area contributed by atoms with E-state index in [4.69, 9.17) is 4.52 Å². The van der Waals surface area contributed by atoms with Crippen LogP contribution < -0.4 is 0 Å². The summed E-state index contributed by atoms with van der Waals surface area (Å²) in [6.07, 6.45) is 0. The lowest BCUT2D eigenvalue weighted by Gasteiger charge is -2.21. The van der Waals surface area contributed by atoms with Crippen LogP contribution in [0.4, 0.5) is 0 Å². The van der Waals surface area contributed by atoms with Crippen molar-refractivity contribution in [3.63, 3.8) is 0 Å². The van der Waals surface area contributed by atoms with Crippen LogP contribution in [0, 0.1) is 12.8 Å². The van der Waals surface area contributed by atoms with E-state index in [9.17, 15) is 10.2 Å². The molecule has 0 fully saturated rings. The number of aromatic nitrogens is 1. The summed E-state index contributed by atoms with van der Waals surface area (Å²) in [5, 5.41) is 22.6. The third-order valence-electron chi connectivity index (χ3n) is 1.80. The van der Waals surface area contributed by atoms with Crippen molar-refractivity contribution in [3.05, 3.63) is 17.5 Å². The Morgan fingerprint density at radius 2 is 2.08 bits per heavy atom. The maximum Gasteiger partial charge on any atom is 0.228 e. The summed E-state index contributed by atoms with van der Waals surface area (Å²) in [7, 11) is 0. The minimum atomic E-state index is -1.92. The molecule has 0 saturated heterocycles. The highest BCUT2D eigenvalue weighted by atomic mass is 16.5. The van der Waals surface area contributed by atoms with E-state index in [0.29, 0.717) is 5.69 Å². The van der Waals surface area contributed by atoms with Gasteiger partial charge >= 0.3 is 0 Å². The van der Waals surface area contributed by atoms with Gasteiger partial charge in [-0.15, -0.1) is 0 Å². The van der Waals surface area contributed by atoms with E-state index in [-0.39, 0.29) is 11.7 Å². The molecule has 0 aromatic carbocycles. The molecule has 0 amide bonds. The van der Waals surface area contributed by atoms with E-state index < -0.39 is 5.79 Å². The third-order valence-corrected chi connectivity index (χ3v) is 1.80. The second-order valence-corrected chi connectivity index (χ2v) is 3.21. The average Bonchev–Trinajstić information content (AvgIpc) is 2.35. The molecule has 0 saturated carbocycles. The van der Waals surface area contributed by atoms with Gasteiger partial charge in [0.15, 0.2) is 5.76 Å². The Morgan fingerprint density at radius 1 is 1.50 bits per heavy atom. The summed E-state index contributed by atoms with van der Waals surface area (Å²) in [5.74, 6) is -2.15. The Hall–Kier alpha value is -0.870. The second kappa shape index (κ2) is 2.88. The zero-order chi connectivity index (χ0) is 9.35. The van der Waals surface area contributed by atoms with Gasteiger partial charge in [0.05, 0.1) is 5.69 Å². The van der Waals surface area contributed by atoms with Crippen LogP contribution in [0.5, 0.6) is 0 Å². The van der Waals surface area contributed by atoms with E-state index in [1.165, 1.54) is 6.07 Å². The van der Waals surface area contributed by atoms with Crippen molar-refractivity contribution in [3.8, 4) is 0 Å². The molecule has 68 valence electrons. The number of nitrogens with zero attached hydrogens (tertiary/aromatic N) is 1. The lowest BCUT2D eigenvalue weighted by Crippen LogP contribution is -2.30. The van der Waals surface area contributed by atoms with Gasteiger partial charge in [-0.25, -0.2) is 0 Å². The molecule has 0 aliphatic rings. The molecule has 0 aliphatic heterocycles. The molecule has 12 heavy (non-hydrogen) atoms. The Kier molecular flexibility index (Phi) is 2.21. The number of rotatable bonds is 2. The molecule has 0 spiro atoms. The SMILES string of the molecule is Cc1cc(C(O)(O)C(C)C)on1. The van der Waals surface area contributed by atoms with Gasteiger partial charge in [0.2, 0.25) is 5.79 Å². The standard InChI is InChI=1S/C8H13NO3/c1-5(2)8(10,11)7-4-6(3)9-12-7/h4-5,10-11H,1-3H3. The quantitative estimate of drug-likeness (QED) is 0.645. The predicted octanol–water partition coefficient (Wildman–Crippen LogP) is 0.776. The van der Waals surface area contributed by atoms with Gasteiger partial charge in [-0.05, 0) is 6.92 Å². The predicted molar refractivity (Wildman–Crippen MR) is 42.2 cm³/mol. The first-order valence-electron chi connectivity index (χ1n) is 3.83. The van der Waals surface area contributed by atoms with Crippen molar-refractivity contribution in [2.45, 2.75) is 26.6 Å². The maximum absolute atomic E-state index is 9.50. The second-order valence-electron chi connectivity index (χ2n) is 3.21. The molecule has 1 aromatic heterocycles. The van der Waals surface area contributed by atoms with Gasteiger partial charge in [-0.1, -0.05) is 19.0 Å². The Bertz CT molecular complexity index is 265. The molecule has 1 aromatic rings. The summed E-state index contributed by atoms with van der Waals surface area (Å²) >= 11 is 0. The normalized spacial score (nSPS) is 12.5. The molecule has 4 nitrogen and oxygen atoms in total. The molecule has 2 N–H and O–H groups in total. The summed E-state index contributed by atoms with van der Waals surface area (Å²) in [6.45, 7) is 5.11. The fraction of sp³-hybridized carbons (Fsp3) is 0.625. The van der Waals surface area contributed by atoms with Crippen molar-refractivity contribution in [2.24, 2.45) is 5.92 Å². The van der Waals surface area contributed by atoms with Crippen molar-refractivity contribution < 1.29 is 14.7 Å². The Balaban J connectivity index is 2.97. The zero-order valence-electron chi connectivity index (χ0n) is 7.40. The van der Waals surface area contributed by atoms with Crippen LogP contribution in [0.15, 0.2) is 10.6 Å². The van der Waals surface area contributed by atoms with Crippen LogP contribution >= 0.6 is 0 Å². The van der Waals surface area contributed by atoms with Crippen molar-refractivity contribution >= 4 is 0 Å². The lowest BCUT2D eigenvalue weighted by atomic mass is 10.0. The topological polar surface area (TPSA) is 66.5 Å². The number of hydrogen-bond acceptors (Lipinski definition) is 4. The molecule has 4 heteroatoms. The van der Waals surface area contributed by atoms with Crippen molar-refractivity contribution in [2.75, 3.05) is 0 Å². The number of hydrogen-bond donors (Lipinski definition) is 2. The molecule has 1 heterocycles. The van der Waals surface area contributed by atoms with Gasteiger partial charge in [0.1, 0.15) is 0 Å². The molecule has 0 bridgehead atoms. The third kappa shape index (κ3) is 1.49. The highest BCUT2D eigenvalue weighted by Gasteiger charge is 2.34. The number of aryl methyl sites for hydroxylation is 1. The minimum absolute atomic E-state index is 0.0926. The van der Waals surface area contributed by atoms with E-state index in [1.807, 2.05) is 0 Å². The van der Waals surface area contributed by atoms with Crippen LogP contribution in [0.25, 0.3) is 0 Å². The maximum atomic E-state index is 9.50. The van der Waals surface area contributed by atoms with Gasteiger partial charge in [-0.3, -0.25) is 0 Å². The molecule has 0 atom stereocenters. The van der Waals surface area contributed by atoms with Gasteiger partial charge < -0.3 is 14.7 Å². The van der Waals surface area contributed by atoms with E-state index in [2.05, 4.69) is 5.16 Å². The molecular weight excluding hydrogens is 158 g/mol. The van der Waals surface area contributed by atoms with Gasteiger partial charge in [0, 0.05) is 12.0 Å². The Morgan fingerprint density at radius 3 is 2.42 bits per heavy atom. The lowest BCUT2D eigenvalue weighted by molar-refractivity contribution is -0.215. The van der Waals surface area contributed by atoms with E-state index >= 15 is 0 Å². The highest BCUT2D eigenvalue weighted by Crippen LogP contribution is 2.26. The van der Waals surface area contributed by atoms with Crippen LogP contribution in [0.3, 0.4) is 0 Å². The van der Waals surface area contributed by atoms with Crippen molar-refractivity contribution in [1.29, 1.82) is 0 Å². The molecule has 1 rings (SSSR count). The van der Waals surface area contributed by atoms with Crippen LogP contribution in [0.1, 0.15) is 25.3 Å². The zero-order valence-corrected chi connectivity index (χ0v) is 7.40. The van der Waals surface area contributed by atoms with Crippen molar-refractivity contribution in [1.82, 2.24) is 5.16 Å². The molecule has 0 radical (unpaired) electrons. The first-order chi connectivity index (χ1) is 5.44. The van der Waals surface area contributed by atoms with Crippen LogP contribution in [-0.2, 0) is 5.79 Å². The molecule has 0 aliphatic carbocycles. The molecule has 0 unspecified atom stereocenters. The molecular formula is C8H13NO3. The summed E-state index contributed by atoms with van der Waals surface area (Å²) in [6, 6.07) is 1.51. The fourth-order valence-corrected chi connectivity index (χ4v) is 0.822. The monoisotopic (exact) mass is 171 g/mol. The fourth-order valence-electron chi connectivity index (χ4n) is 0.822. The first kappa shape index (κ1) is 9.22. The van der Waals surface area contributed by atoms with Crippen LogP contribution in [-0.4, -0.2) is 15.4 Å². The van der Waals surface area contributed by atoms with Gasteiger partial charge in [0.25, 0.3) is 0 Å². The summed E-state index contributed by atoms with van der Waals surface area (Å²) in [4.78, 5) is 0. The van der Waals surface area contributed by atoms with E-state index in [0.717, 1.165) is 0 Å². The van der Waals surface area contributed by atoms with Gasteiger partial charge in [-0.2, -0.15) is 0 Å². The van der Waals surface area contributed by atoms with E-state index in [1.54, 1.807) is 20.8 Å². The minimum Gasteiger partial charge on any atom is -0.359 e. The number of aliphatic hydroxyl groups is 2. The summed E-state index contributed by atoms with van der Waals surface area (Å²) < 4.78 is 4.74. The highest BCUT2D eigenvalue weighted by molar-refractivity contribution is 5.08. The first-order valence-corrected chi connectivity index (χ1v) is 3.83. The summed E-state index contributed by atoms with van der Waals surface area (Å²) in [5.41, 5.74) is 0.637. The average molecular weight is 171 g/mol. The largest absolute Gasteiger partial charge is 0.359 e. The smallest absolute Gasteiger partial charge is 0.228 e. The Labute approximate surface area is 70.8 Å². The van der Waals surface area contributed by atoms with Crippen LogP contribution in [0.2, 0.25) is 0 Å².